The average Bonchev–Trinajstić information content (AvgIpc) is 2.95. The molecular weight excluding hydrogens is 436 g/mol. The van der Waals surface area contributed by atoms with Crippen molar-refractivity contribution in [2.24, 2.45) is 44.8 Å². The maximum atomic E-state index is 11.7. The standard InChI is InChI=1S/C26H40N2O6/c1-6-33-27-19-11-16-8-9-17-18-10-15(3)26(32,14-22(30)31)25(18,5)13-21(29)23(17)24(16,4)12-20(19)28-34-7-2/h11,15,17-18,21,23,29,32H,6-10,12-14H2,1-5H3,(H,30,31)/t15-,17+,18+,21+,23-,24+,25+,26-/m1/s1. The fourth-order valence-electron chi connectivity index (χ4n) is 8.09. The van der Waals surface area contributed by atoms with Crippen LogP contribution in [0.1, 0.15) is 73.1 Å². The predicted octanol–water partition coefficient (Wildman–Crippen LogP) is 3.77. The van der Waals surface area contributed by atoms with Crippen LogP contribution in [-0.4, -0.2) is 57.6 Å². The number of fused-ring (bicyclic) bond motifs is 5. The fourth-order valence-corrected chi connectivity index (χ4v) is 8.09. The van der Waals surface area contributed by atoms with Gasteiger partial charge in [-0.2, -0.15) is 0 Å². The van der Waals surface area contributed by atoms with Crippen molar-refractivity contribution in [1.82, 2.24) is 0 Å². The number of aliphatic hydroxyl groups is 2. The molecule has 190 valence electrons. The van der Waals surface area contributed by atoms with Gasteiger partial charge in [-0.25, -0.2) is 0 Å². The summed E-state index contributed by atoms with van der Waals surface area (Å²) in [4.78, 5) is 22.4. The van der Waals surface area contributed by atoms with E-state index >= 15 is 0 Å². The van der Waals surface area contributed by atoms with Crippen LogP contribution in [0.15, 0.2) is 22.0 Å². The van der Waals surface area contributed by atoms with Crippen molar-refractivity contribution in [3.05, 3.63) is 11.6 Å². The lowest BCUT2D eigenvalue weighted by molar-refractivity contribution is -0.184. The molecule has 0 saturated heterocycles. The molecule has 0 aromatic carbocycles. The van der Waals surface area contributed by atoms with Crippen LogP contribution in [-0.2, 0) is 14.5 Å². The van der Waals surface area contributed by atoms with E-state index < -0.39 is 23.1 Å². The molecule has 0 bridgehead atoms. The Balaban J connectivity index is 1.73. The maximum absolute atomic E-state index is 11.7. The van der Waals surface area contributed by atoms with Crippen molar-refractivity contribution in [3.63, 3.8) is 0 Å². The number of hydrogen-bond donors (Lipinski definition) is 3. The van der Waals surface area contributed by atoms with Crippen molar-refractivity contribution >= 4 is 17.4 Å². The normalized spacial score (nSPS) is 45.9. The highest BCUT2D eigenvalue weighted by Crippen LogP contribution is 2.69. The highest BCUT2D eigenvalue weighted by molar-refractivity contribution is 6.47. The molecule has 8 atom stereocenters. The summed E-state index contributed by atoms with van der Waals surface area (Å²) in [7, 11) is 0. The Bertz CT molecular complexity index is 915. The third kappa shape index (κ3) is 3.68. The molecule has 0 aliphatic heterocycles. The molecule has 0 heterocycles. The van der Waals surface area contributed by atoms with E-state index in [2.05, 4.69) is 23.3 Å². The molecule has 8 heteroatoms. The molecule has 4 rings (SSSR count). The molecule has 4 aliphatic rings. The van der Waals surface area contributed by atoms with Crippen LogP contribution in [0.4, 0.5) is 0 Å². The van der Waals surface area contributed by atoms with Gasteiger partial charge in [0, 0.05) is 17.3 Å². The second-order valence-corrected chi connectivity index (χ2v) is 11.3. The van der Waals surface area contributed by atoms with Gasteiger partial charge in [0.1, 0.15) is 24.6 Å². The van der Waals surface area contributed by atoms with Crippen LogP contribution in [0, 0.1) is 34.5 Å². The van der Waals surface area contributed by atoms with Crippen molar-refractivity contribution in [2.45, 2.75) is 84.8 Å². The lowest BCUT2D eigenvalue weighted by Gasteiger charge is -2.60. The summed E-state index contributed by atoms with van der Waals surface area (Å²) in [5.74, 6) is -0.783. The third-order valence-corrected chi connectivity index (χ3v) is 9.63. The van der Waals surface area contributed by atoms with Gasteiger partial charge in [-0.05, 0) is 69.3 Å². The molecule has 0 unspecified atom stereocenters. The summed E-state index contributed by atoms with van der Waals surface area (Å²) in [6.45, 7) is 10.9. The molecule has 3 saturated carbocycles. The first-order valence-corrected chi connectivity index (χ1v) is 12.7. The fraction of sp³-hybridized carbons (Fsp3) is 0.808. The van der Waals surface area contributed by atoms with E-state index in [4.69, 9.17) is 9.68 Å². The summed E-state index contributed by atoms with van der Waals surface area (Å²) < 4.78 is 0. The number of hydrogen-bond acceptors (Lipinski definition) is 7. The lowest BCUT2D eigenvalue weighted by atomic mass is 9.45. The summed E-state index contributed by atoms with van der Waals surface area (Å²) in [5, 5.41) is 41.5. The SMILES string of the molecule is CCON=C1C=C2CC[C@@H]3[C@H]([C@@H](O)C[C@@]4(C)[C@H]3C[C@@H](C)[C@]4(O)CC(=O)O)[C@@]2(C)CC1=NOCC. The summed E-state index contributed by atoms with van der Waals surface area (Å²) in [5.41, 5.74) is 0.379. The van der Waals surface area contributed by atoms with Gasteiger partial charge in [-0.3, -0.25) is 4.79 Å². The number of nitrogens with zero attached hydrogens (tertiary/aromatic N) is 2. The van der Waals surface area contributed by atoms with Gasteiger partial charge in [0.05, 0.1) is 18.1 Å². The molecule has 3 fully saturated rings. The zero-order valence-corrected chi connectivity index (χ0v) is 21.1. The Morgan fingerprint density at radius 2 is 1.88 bits per heavy atom. The van der Waals surface area contributed by atoms with Gasteiger partial charge >= 0.3 is 5.97 Å². The zero-order chi connectivity index (χ0) is 24.9. The second-order valence-electron chi connectivity index (χ2n) is 11.3. The van der Waals surface area contributed by atoms with Gasteiger partial charge in [0.25, 0.3) is 0 Å². The van der Waals surface area contributed by atoms with Gasteiger partial charge < -0.3 is 25.0 Å². The van der Waals surface area contributed by atoms with Crippen molar-refractivity contribution < 1.29 is 29.8 Å². The summed E-state index contributed by atoms with van der Waals surface area (Å²) in [6, 6.07) is 0. The summed E-state index contributed by atoms with van der Waals surface area (Å²) in [6.07, 6.45) is 4.68. The van der Waals surface area contributed by atoms with Gasteiger partial charge in [-0.15, -0.1) is 0 Å². The molecule has 3 N–H and O–H groups in total. The van der Waals surface area contributed by atoms with Crippen molar-refractivity contribution in [1.29, 1.82) is 0 Å². The van der Waals surface area contributed by atoms with Crippen LogP contribution in [0.25, 0.3) is 0 Å². The van der Waals surface area contributed by atoms with Crippen LogP contribution in [0.3, 0.4) is 0 Å². The molecule has 4 aliphatic carbocycles. The molecular formula is C26H40N2O6. The Hall–Kier alpha value is -1.93. The van der Waals surface area contributed by atoms with Crippen LogP contribution >= 0.6 is 0 Å². The Morgan fingerprint density at radius 1 is 1.21 bits per heavy atom. The third-order valence-electron chi connectivity index (χ3n) is 9.63. The average molecular weight is 477 g/mol. The van der Waals surface area contributed by atoms with Crippen LogP contribution in [0.5, 0.6) is 0 Å². The van der Waals surface area contributed by atoms with E-state index in [1.165, 1.54) is 5.57 Å². The monoisotopic (exact) mass is 476 g/mol. The maximum Gasteiger partial charge on any atom is 0.306 e. The molecule has 8 nitrogen and oxygen atoms in total. The van der Waals surface area contributed by atoms with E-state index in [0.29, 0.717) is 31.8 Å². The van der Waals surface area contributed by atoms with Gasteiger partial charge in [0.15, 0.2) is 0 Å². The number of rotatable bonds is 6. The molecule has 0 amide bonds. The summed E-state index contributed by atoms with van der Waals surface area (Å²) >= 11 is 0. The number of oxime groups is 2. The van der Waals surface area contributed by atoms with Gasteiger partial charge in [0.2, 0.25) is 0 Å². The van der Waals surface area contributed by atoms with Crippen molar-refractivity contribution in [2.75, 3.05) is 13.2 Å². The minimum absolute atomic E-state index is 0.00887. The second kappa shape index (κ2) is 8.94. The highest BCUT2D eigenvalue weighted by atomic mass is 16.6. The Kier molecular flexibility index (Phi) is 6.62. The number of allylic oxidation sites excluding steroid dienone is 2. The topological polar surface area (TPSA) is 121 Å². The minimum atomic E-state index is -1.32. The first kappa shape index (κ1) is 25.2. The van der Waals surface area contributed by atoms with E-state index in [0.717, 1.165) is 25.0 Å². The van der Waals surface area contributed by atoms with Crippen LogP contribution in [0.2, 0.25) is 0 Å². The number of carboxylic acids is 1. The molecule has 0 aromatic rings. The number of carboxylic acid groups (broad SMARTS) is 1. The smallest absolute Gasteiger partial charge is 0.306 e. The number of aliphatic hydroxyl groups excluding tert-OH is 1. The first-order chi connectivity index (χ1) is 16.0. The van der Waals surface area contributed by atoms with Gasteiger partial charge in [-0.1, -0.05) is 36.7 Å². The largest absolute Gasteiger partial charge is 0.481 e. The van der Waals surface area contributed by atoms with E-state index in [9.17, 15) is 20.1 Å². The molecule has 0 spiro atoms. The quantitative estimate of drug-likeness (QED) is 0.502. The van der Waals surface area contributed by atoms with Crippen LogP contribution < -0.4 is 0 Å². The number of aliphatic carboxylic acids is 1. The predicted molar refractivity (Wildman–Crippen MR) is 128 cm³/mol. The molecule has 34 heavy (non-hydrogen) atoms. The first-order valence-electron chi connectivity index (χ1n) is 12.7. The van der Waals surface area contributed by atoms with E-state index in [-0.39, 0.29) is 35.5 Å². The van der Waals surface area contributed by atoms with E-state index in [1.807, 2.05) is 27.7 Å². The minimum Gasteiger partial charge on any atom is -0.481 e. The molecule has 0 aromatic heterocycles. The highest BCUT2D eigenvalue weighted by Gasteiger charge is 2.68. The van der Waals surface area contributed by atoms with E-state index in [1.54, 1.807) is 0 Å². The Labute approximate surface area is 202 Å². The Morgan fingerprint density at radius 3 is 2.53 bits per heavy atom. The molecule has 0 radical (unpaired) electrons. The lowest BCUT2D eigenvalue weighted by Crippen LogP contribution is -2.61. The zero-order valence-electron chi connectivity index (χ0n) is 21.1. The number of carbonyl (C=O) groups is 1. The van der Waals surface area contributed by atoms with Crippen molar-refractivity contribution in [3.8, 4) is 0 Å².